The van der Waals surface area contributed by atoms with Gasteiger partial charge < -0.3 is 5.32 Å². The van der Waals surface area contributed by atoms with Crippen LogP contribution in [-0.4, -0.2) is 31.7 Å². The monoisotopic (exact) mass is 389 g/mol. The number of anilines is 1. The Labute approximate surface area is 157 Å². The van der Waals surface area contributed by atoms with Crippen molar-refractivity contribution in [3.8, 4) is 6.07 Å². The number of carbonyl (C=O) groups excluding carboxylic acids is 1. The van der Waals surface area contributed by atoms with Crippen LogP contribution < -0.4 is 5.32 Å². The third-order valence-electron chi connectivity index (χ3n) is 4.51. The zero-order valence-corrected chi connectivity index (χ0v) is 15.9. The quantitative estimate of drug-likeness (QED) is 0.869. The lowest BCUT2D eigenvalue weighted by Gasteiger charge is -2.29. The summed E-state index contributed by atoms with van der Waals surface area (Å²) in [6.45, 7) is 3.19. The lowest BCUT2D eigenvalue weighted by atomic mass is 10.0. The van der Waals surface area contributed by atoms with Crippen molar-refractivity contribution in [3.05, 3.63) is 46.8 Å². The maximum Gasteiger partial charge on any atom is 0.256 e. The highest BCUT2D eigenvalue weighted by Gasteiger charge is 2.28. The Bertz CT molecular complexity index is 935. The Hall–Kier alpha value is -2.21. The number of rotatable bonds is 4. The molecule has 1 aromatic carbocycles. The van der Waals surface area contributed by atoms with Gasteiger partial charge in [-0.3, -0.25) is 4.79 Å². The number of hydrogen-bond donors (Lipinski definition) is 1. The van der Waals surface area contributed by atoms with Crippen LogP contribution in [0.3, 0.4) is 0 Å². The Balaban J connectivity index is 1.74. The molecule has 0 atom stereocenters. The molecule has 0 spiro atoms. The molecule has 8 heteroatoms. The smallest absolute Gasteiger partial charge is 0.256 e. The molecule has 136 valence electrons. The number of carbonyl (C=O) groups is 1. The molecule has 2 aromatic rings. The lowest BCUT2D eigenvalue weighted by molar-refractivity contribution is 0.102. The molecule has 3 rings (SSSR count). The molecule has 6 nitrogen and oxygen atoms in total. The summed E-state index contributed by atoms with van der Waals surface area (Å²) in [5.74, 6) is 0.169. The molecular formula is C18H19N3O3S2. The van der Waals surface area contributed by atoms with Gasteiger partial charge in [-0.15, -0.1) is 11.3 Å². The fourth-order valence-electron chi connectivity index (χ4n) is 2.82. The topological polar surface area (TPSA) is 90.3 Å². The van der Waals surface area contributed by atoms with E-state index in [1.54, 1.807) is 11.4 Å². The molecule has 0 aliphatic carbocycles. The highest BCUT2D eigenvalue weighted by Crippen LogP contribution is 2.25. The van der Waals surface area contributed by atoms with Crippen LogP contribution in [0.4, 0.5) is 5.00 Å². The highest BCUT2D eigenvalue weighted by atomic mass is 32.2. The van der Waals surface area contributed by atoms with E-state index < -0.39 is 10.0 Å². The van der Waals surface area contributed by atoms with Crippen molar-refractivity contribution in [1.29, 1.82) is 5.26 Å². The number of nitriles is 1. The molecule has 1 N–H and O–H groups in total. The molecule has 1 saturated heterocycles. The van der Waals surface area contributed by atoms with Crippen LogP contribution in [0.1, 0.15) is 35.7 Å². The van der Waals surface area contributed by atoms with Crippen molar-refractivity contribution in [2.45, 2.75) is 24.7 Å². The molecule has 1 aliphatic rings. The van der Waals surface area contributed by atoms with Crippen LogP contribution in [0, 0.1) is 17.2 Å². The van der Waals surface area contributed by atoms with Crippen molar-refractivity contribution in [3.63, 3.8) is 0 Å². The number of nitrogens with zero attached hydrogens (tertiary/aromatic N) is 2. The van der Waals surface area contributed by atoms with Gasteiger partial charge in [-0.05, 0) is 54.5 Å². The van der Waals surface area contributed by atoms with E-state index in [1.807, 2.05) is 6.07 Å². The zero-order valence-electron chi connectivity index (χ0n) is 14.3. The summed E-state index contributed by atoms with van der Waals surface area (Å²) in [5, 5.41) is 13.9. The Morgan fingerprint density at radius 3 is 2.50 bits per heavy atom. The molecule has 0 radical (unpaired) electrons. The molecular weight excluding hydrogens is 370 g/mol. The van der Waals surface area contributed by atoms with E-state index in [4.69, 9.17) is 5.26 Å². The fraction of sp³-hybridized carbons (Fsp3) is 0.333. The van der Waals surface area contributed by atoms with Crippen molar-refractivity contribution >= 4 is 32.3 Å². The van der Waals surface area contributed by atoms with Gasteiger partial charge in [0.1, 0.15) is 11.1 Å². The average molecular weight is 390 g/mol. The van der Waals surface area contributed by atoms with Crippen LogP contribution in [0.5, 0.6) is 0 Å². The largest absolute Gasteiger partial charge is 0.312 e. The number of amides is 1. The molecule has 0 bridgehead atoms. The predicted molar refractivity (Wildman–Crippen MR) is 101 cm³/mol. The second kappa shape index (κ2) is 7.58. The molecule has 1 aromatic heterocycles. The Kier molecular flexibility index (Phi) is 5.41. The van der Waals surface area contributed by atoms with Gasteiger partial charge in [-0.2, -0.15) is 9.57 Å². The van der Waals surface area contributed by atoms with Crippen molar-refractivity contribution in [2.75, 3.05) is 18.4 Å². The van der Waals surface area contributed by atoms with E-state index in [9.17, 15) is 13.2 Å². The summed E-state index contributed by atoms with van der Waals surface area (Å²) in [6, 6.07) is 9.56. The second-order valence-electron chi connectivity index (χ2n) is 6.34. The zero-order chi connectivity index (χ0) is 18.7. The maximum absolute atomic E-state index is 12.7. The molecule has 1 aliphatic heterocycles. The van der Waals surface area contributed by atoms with Crippen LogP contribution in [0.25, 0.3) is 0 Å². The van der Waals surface area contributed by atoms with Gasteiger partial charge in [0.05, 0.1) is 10.5 Å². The second-order valence-corrected chi connectivity index (χ2v) is 9.19. The van der Waals surface area contributed by atoms with Crippen LogP contribution in [0.15, 0.2) is 40.6 Å². The van der Waals surface area contributed by atoms with Crippen LogP contribution in [0.2, 0.25) is 0 Å². The lowest BCUT2D eigenvalue weighted by Crippen LogP contribution is -2.37. The number of sulfonamides is 1. The van der Waals surface area contributed by atoms with Gasteiger partial charge in [0.25, 0.3) is 5.91 Å². The van der Waals surface area contributed by atoms with Crippen molar-refractivity contribution < 1.29 is 13.2 Å². The number of piperidine rings is 1. The first-order chi connectivity index (χ1) is 12.4. The minimum absolute atomic E-state index is 0.192. The molecule has 26 heavy (non-hydrogen) atoms. The van der Waals surface area contributed by atoms with E-state index in [1.165, 1.54) is 39.9 Å². The highest BCUT2D eigenvalue weighted by molar-refractivity contribution is 7.89. The minimum Gasteiger partial charge on any atom is -0.312 e. The van der Waals surface area contributed by atoms with Crippen molar-refractivity contribution in [1.82, 2.24) is 4.31 Å². The van der Waals surface area contributed by atoms with E-state index in [2.05, 4.69) is 12.2 Å². The Morgan fingerprint density at radius 1 is 1.23 bits per heavy atom. The van der Waals surface area contributed by atoms with E-state index in [-0.39, 0.29) is 10.8 Å². The fourth-order valence-corrected chi connectivity index (χ4v) is 5.02. The molecule has 2 heterocycles. The Morgan fingerprint density at radius 2 is 1.88 bits per heavy atom. The summed E-state index contributed by atoms with van der Waals surface area (Å²) in [4.78, 5) is 12.5. The summed E-state index contributed by atoms with van der Waals surface area (Å²) in [6.07, 6.45) is 1.73. The third-order valence-corrected chi connectivity index (χ3v) is 7.25. The third kappa shape index (κ3) is 3.80. The van der Waals surface area contributed by atoms with Crippen molar-refractivity contribution in [2.24, 2.45) is 5.92 Å². The van der Waals surface area contributed by atoms with Gasteiger partial charge >= 0.3 is 0 Å². The molecule has 0 saturated carbocycles. The maximum atomic E-state index is 12.7. The standard InChI is InChI=1S/C18H19N3O3S2/c1-13-6-9-21(10-7-13)26(23,24)16-4-2-14(3-5-16)17(22)20-18-15(12-19)8-11-25-18/h2-5,8,11,13H,6-7,9-10H2,1H3,(H,20,22). The van der Waals surface area contributed by atoms with Crippen LogP contribution >= 0.6 is 11.3 Å². The minimum atomic E-state index is -3.53. The van der Waals surface area contributed by atoms with Gasteiger partial charge in [0.2, 0.25) is 10.0 Å². The SMILES string of the molecule is CC1CCN(S(=O)(=O)c2ccc(C(=O)Nc3sccc3C#N)cc2)CC1. The summed E-state index contributed by atoms with van der Waals surface area (Å²) < 4.78 is 26.9. The number of thiophene rings is 1. The predicted octanol–water partition coefficient (Wildman–Crippen LogP) is 3.29. The van der Waals surface area contributed by atoms with Gasteiger partial charge in [0, 0.05) is 18.7 Å². The van der Waals surface area contributed by atoms with Gasteiger partial charge in [-0.25, -0.2) is 8.42 Å². The first-order valence-corrected chi connectivity index (χ1v) is 10.6. The first-order valence-electron chi connectivity index (χ1n) is 8.31. The summed E-state index contributed by atoms with van der Waals surface area (Å²) in [7, 11) is -3.53. The van der Waals surface area contributed by atoms with E-state index >= 15 is 0 Å². The number of nitrogens with one attached hydrogen (secondary N) is 1. The summed E-state index contributed by atoms with van der Waals surface area (Å²) >= 11 is 1.27. The molecule has 0 unspecified atom stereocenters. The molecule has 1 amide bonds. The first kappa shape index (κ1) is 18.6. The van der Waals surface area contributed by atoms with E-state index in [0.29, 0.717) is 35.1 Å². The number of benzene rings is 1. The average Bonchev–Trinajstić information content (AvgIpc) is 3.09. The number of hydrogen-bond acceptors (Lipinski definition) is 5. The summed E-state index contributed by atoms with van der Waals surface area (Å²) in [5.41, 5.74) is 0.746. The van der Waals surface area contributed by atoms with Crippen LogP contribution in [-0.2, 0) is 10.0 Å². The van der Waals surface area contributed by atoms with Gasteiger partial charge in [-0.1, -0.05) is 6.92 Å². The van der Waals surface area contributed by atoms with E-state index in [0.717, 1.165) is 12.8 Å². The van der Waals surface area contributed by atoms with Gasteiger partial charge in [0.15, 0.2) is 0 Å². The normalized spacial score (nSPS) is 16.2. The molecule has 1 fully saturated rings.